The van der Waals surface area contributed by atoms with Crippen molar-refractivity contribution in [1.29, 1.82) is 0 Å². The molecule has 0 aliphatic heterocycles. The quantitative estimate of drug-likeness (QED) is 0.886. The van der Waals surface area contributed by atoms with E-state index in [1.807, 2.05) is 6.92 Å². The highest BCUT2D eigenvalue weighted by Crippen LogP contribution is 2.21. The van der Waals surface area contributed by atoms with E-state index in [4.69, 9.17) is 9.47 Å². The van der Waals surface area contributed by atoms with Crippen molar-refractivity contribution < 1.29 is 18.7 Å². The Balaban J connectivity index is 2.03. The van der Waals surface area contributed by atoms with E-state index < -0.39 is 6.10 Å². The molecule has 2 aromatic carbocycles. The molecule has 2 aromatic rings. The first-order chi connectivity index (χ1) is 10.6. The predicted molar refractivity (Wildman–Crippen MR) is 82.7 cm³/mol. The van der Waals surface area contributed by atoms with E-state index in [0.29, 0.717) is 23.6 Å². The lowest BCUT2D eigenvalue weighted by molar-refractivity contribution is -0.122. The number of halogens is 1. The van der Waals surface area contributed by atoms with Crippen LogP contribution in [-0.2, 0) is 4.79 Å². The number of ether oxygens (including phenoxy) is 2. The summed E-state index contributed by atoms with van der Waals surface area (Å²) >= 11 is 0. The van der Waals surface area contributed by atoms with Crippen LogP contribution in [0.25, 0.3) is 0 Å². The van der Waals surface area contributed by atoms with Crippen molar-refractivity contribution in [2.45, 2.75) is 19.4 Å². The van der Waals surface area contributed by atoms with Gasteiger partial charge in [0.2, 0.25) is 0 Å². The molecule has 1 N–H and O–H groups in total. The van der Waals surface area contributed by atoms with Crippen molar-refractivity contribution in [3.05, 3.63) is 54.3 Å². The predicted octanol–water partition coefficient (Wildman–Crippen LogP) is 3.63. The van der Waals surface area contributed by atoms with Gasteiger partial charge >= 0.3 is 0 Å². The van der Waals surface area contributed by atoms with Gasteiger partial charge in [-0.3, -0.25) is 4.79 Å². The van der Waals surface area contributed by atoms with Gasteiger partial charge in [0.15, 0.2) is 6.10 Å². The first-order valence-electron chi connectivity index (χ1n) is 6.99. The van der Waals surface area contributed by atoms with Crippen molar-refractivity contribution in [2.24, 2.45) is 0 Å². The average molecular weight is 303 g/mol. The minimum absolute atomic E-state index is 0.281. The highest BCUT2D eigenvalue weighted by atomic mass is 19.1. The van der Waals surface area contributed by atoms with E-state index in [0.717, 1.165) is 0 Å². The Labute approximate surface area is 128 Å². The molecule has 116 valence electrons. The Kier molecular flexibility index (Phi) is 5.36. The third kappa shape index (κ3) is 4.22. The maximum atomic E-state index is 12.9. The summed E-state index contributed by atoms with van der Waals surface area (Å²) in [7, 11) is 1.57. The van der Waals surface area contributed by atoms with Crippen LogP contribution in [-0.4, -0.2) is 19.1 Å². The number of carbonyl (C=O) groups is 1. The SMILES string of the molecule is CCC(Oc1cccc(OC)c1)C(=O)Nc1ccc(F)cc1. The zero-order valence-electron chi connectivity index (χ0n) is 12.5. The van der Waals surface area contributed by atoms with Gasteiger partial charge in [-0.2, -0.15) is 0 Å². The largest absolute Gasteiger partial charge is 0.497 e. The molecule has 5 heteroatoms. The summed E-state index contributed by atoms with van der Waals surface area (Å²) in [5.41, 5.74) is 0.527. The summed E-state index contributed by atoms with van der Waals surface area (Å²) < 4.78 is 23.7. The van der Waals surface area contributed by atoms with Crippen LogP contribution in [0.3, 0.4) is 0 Å². The Bertz CT molecular complexity index is 628. The first-order valence-corrected chi connectivity index (χ1v) is 6.99. The zero-order valence-corrected chi connectivity index (χ0v) is 12.5. The maximum absolute atomic E-state index is 12.9. The lowest BCUT2D eigenvalue weighted by atomic mass is 10.2. The summed E-state index contributed by atoms with van der Waals surface area (Å²) in [6.07, 6.45) is -0.137. The number of benzene rings is 2. The van der Waals surface area contributed by atoms with Crippen LogP contribution in [0.1, 0.15) is 13.3 Å². The molecular weight excluding hydrogens is 285 g/mol. The van der Waals surface area contributed by atoms with Crippen molar-refractivity contribution in [3.8, 4) is 11.5 Å². The Morgan fingerprint density at radius 2 is 1.86 bits per heavy atom. The van der Waals surface area contributed by atoms with Gasteiger partial charge in [0.1, 0.15) is 17.3 Å². The van der Waals surface area contributed by atoms with Gasteiger partial charge in [0.25, 0.3) is 5.91 Å². The summed E-state index contributed by atoms with van der Waals surface area (Å²) in [6.45, 7) is 1.86. The highest BCUT2D eigenvalue weighted by molar-refractivity contribution is 5.94. The van der Waals surface area contributed by atoms with Crippen molar-refractivity contribution in [2.75, 3.05) is 12.4 Å². The maximum Gasteiger partial charge on any atom is 0.265 e. The number of hydrogen-bond acceptors (Lipinski definition) is 3. The van der Waals surface area contributed by atoms with E-state index in [9.17, 15) is 9.18 Å². The van der Waals surface area contributed by atoms with Gasteiger partial charge in [-0.15, -0.1) is 0 Å². The number of carbonyl (C=O) groups excluding carboxylic acids is 1. The normalized spacial score (nSPS) is 11.6. The van der Waals surface area contributed by atoms with E-state index in [1.54, 1.807) is 31.4 Å². The Morgan fingerprint density at radius 3 is 2.50 bits per heavy atom. The monoisotopic (exact) mass is 303 g/mol. The molecule has 1 atom stereocenters. The summed E-state index contributed by atoms with van der Waals surface area (Å²) in [5, 5.41) is 2.71. The molecule has 4 nitrogen and oxygen atoms in total. The van der Waals surface area contributed by atoms with Gasteiger partial charge in [0, 0.05) is 11.8 Å². The lowest BCUT2D eigenvalue weighted by Gasteiger charge is -2.17. The number of nitrogens with one attached hydrogen (secondary N) is 1. The van der Waals surface area contributed by atoms with E-state index in [2.05, 4.69) is 5.32 Å². The minimum Gasteiger partial charge on any atom is -0.497 e. The van der Waals surface area contributed by atoms with Crippen molar-refractivity contribution in [3.63, 3.8) is 0 Å². The van der Waals surface area contributed by atoms with Crippen LogP contribution >= 0.6 is 0 Å². The van der Waals surface area contributed by atoms with Crippen molar-refractivity contribution in [1.82, 2.24) is 0 Å². The minimum atomic E-state index is -0.642. The van der Waals surface area contributed by atoms with Gasteiger partial charge in [-0.05, 0) is 42.8 Å². The molecule has 1 amide bonds. The lowest BCUT2D eigenvalue weighted by Crippen LogP contribution is -2.32. The molecule has 0 aromatic heterocycles. The van der Waals surface area contributed by atoms with E-state index in [-0.39, 0.29) is 11.7 Å². The highest BCUT2D eigenvalue weighted by Gasteiger charge is 2.18. The molecule has 1 unspecified atom stereocenters. The number of methoxy groups -OCH3 is 1. The molecule has 0 saturated carbocycles. The molecular formula is C17H18FNO3. The summed E-state index contributed by atoms with van der Waals surface area (Å²) in [4.78, 5) is 12.2. The number of hydrogen-bond donors (Lipinski definition) is 1. The second kappa shape index (κ2) is 7.45. The van der Waals surface area contributed by atoms with Crippen LogP contribution < -0.4 is 14.8 Å². The second-order valence-corrected chi connectivity index (χ2v) is 4.69. The standard InChI is InChI=1S/C17H18FNO3/c1-3-16(22-15-6-4-5-14(11-15)21-2)17(20)19-13-9-7-12(18)8-10-13/h4-11,16H,3H2,1-2H3,(H,19,20). The molecule has 0 saturated heterocycles. The fourth-order valence-electron chi connectivity index (χ4n) is 1.92. The first kappa shape index (κ1) is 15.8. The zero-order chi connectivity index (χ0) is 15.9. The Morgan fingerprint density at radius 1 is 1.18 bits per heavy atom. The average Bonchev–Trinajstić information content (AvgIpc) is 2.54. The van der Waals surface area contributed by atoms with Crippen LogP contribution in [0, 0.1) is 5.82 Å². The van der Waals surface area contributed by atoms with Crippen LogP contribution in [0.2, 0.25) is 0 Å². The number of rotatable bonds is 6. The molecule has 2 rings (SSSR count). The molecule has 0 aliphatic carbocycles. The van der Waals surface area contributed by atoms with Crippen LogP contribution in [0.15, 0.2) is 48.5 Å². The van der Waals surface area contributed by atoms with E-state index >= 15 is 0 Å². The van der Waals surface area contributed by atoms with E-state index in [1.165, 1.54) is 24.3 Å². The third-order valence-electron chi connectivity index (χ3n) is 3.09. The van der Waals surface area contributed by atoms with Gasteiger partial charge in [-0.1, -0.05) is 13.0 Å². The second-order valence-electron chi connectivity index (χ2n) is 4.69. The summed E-state index contributed by atoms with van der Waals surface area (Å²) in [5.74, 6) is 0.585. The van der Waals surface area contributed by atoms with Gasteiger partial charge in [0.05, 0.1) is 7.11 Å². The molecule has 0 heterocycles. The molecule has 22 heavy (non-hydrogen) atoms. The molecule has 0 spiro atoms. The topological polar surface area (TPSA) is 47.6 Å². The smallest absolute Gasteiger partial charge is 0.265 e. The molecule has 0 bridgehead atoms. The van der Waals surface area contributed by atoms with Crippen LogP contribution in [0.4, 0.5) is 10.1 Å². The third-order valence-corrected chi connectivity index (χ3v) is 3.09. The number of anilines is 1. The summed E-state index contributed by atoms with van der Waals surface area (Å²) in [6, 6.07) is 12.7. The molecule has 0 fully saturated rings. The fourth-order valence-corrected chi connectivity index (χ4v) is 1.92. The van der Waals surface area contributed by atoms with Gasteiger partial charge in [-0.25, -0.2) is 4.39 Å². The fraction of sp³-hybridized carbons (Fsp3) is 0.235. The van der Waals surface area contributed by atoms with Crippen molar-refractivity contribution >= 4 is 11.6 Å². The molecule has 0 aliphatic rings. The Hall–Kier alpha value is -2.56. The number of amides is 1. The van der Waals surface area contributed by atoms with Gasteiger partial charge < -0.3 is 14.8 Å². The molecule has 0 radical (unpaired) electrons. The van der Waals surface area contributed by atoms with Crippen LogP contribution in [0.5, 0.6) is 11.5 Å².